The highest BCUT2D eigenvalue weighted by Crippen LogP contribution is 2.34. The van der Waals surface area contributed by atoms with Crippen molar-refractivity contribution in [3.63, 3.8) is 0 Å². The molecule has 0 spiro atoms. The lowest BCUT2D eigenvalue weighted by Gasteiger charge is -2.22. The van der Waals surface area contributed by atoms with Crippen molar-refractivity contribution < 1.29 is 9.53 Å². The van der Waals surface area contributed by atoms with Gasteiger partial charge in [-0.3, -0.25) is 4.90 Å². The Bertz CT molecular complexity index is 596. The molecule has 0 fully saturated rings. The van der Waals surface area contributed by atoms with Gasteiger partial charge in [-0.2, -0.15) is 10.1 Å². The van der Waals surface area contributed by atoms with Gasteiger partial charge in [0, 0.05) is 7.05 Å². The molecule has 2 rings (SSSR count). The summed E-state index contributed by atoms with van der Waals surface area (Å²) in [6, 6.07) is -0.960. The number of rotatable bonds is 3. The van der Waals surface area contributed by atoms with Crippen LogP contribution in [-0.4, -0.2) is 40.2 Å². The number of amidine groups is 1. The summed E-state index contributed by atoms with van der Waals surface area (Å²) in [5.41, 5.74) is 7.29. The zero-order chi connectivity index (χ0) is 14.2. The van der Waals surface area contributed by atoms with Gasteiger partial charge in [0.15, 0.2) is 0 Å². The summed E-state index contributed by atoms with van der Waals surface area (Å²) in [6.07, 6.45) is 5.28. The molecule has 1 atom stereocenters. The molecule has 0 saturated carbocycles. The number of urea groups is 1. The van der Waals surface area contributed by atoms with Gasteiger partial charge in [0.2, 0.25) is 5.88 Å². The molecule has 0 radical (unpaired) electrons. The Morgan fingerprint density at radius 3 is 2.84 bits per heavy atom. The van der Waals surface area contributed by atoms with E-state index in [0.29, 0.717) is 11.4 Å². The Morgan fingerprint density at radius 1 is 1.58 bits per heavy atom. The van der Waals surface area contributed by atoms with Gasteiger partial charge >= 0.3 is 6.03 Å². The highest BCUT2D eigenvalue weighted by Gasteiger charge is 2.38. The average Bonchev–Trinajstić information content (AvgIpc) is 2.77. The number of nitrogens with two attached hydrogens (primary N) is 1. The first-order valence-corrected chi connectivity index (χ1v) is 5.66. The lowest BCUT2D eigenvalue weighted by Crippen LogP contribution is -2.34. The molecule has 1 aliphatic heterocycles. The lowest BCUT2D eigenvalue weighted by molar-refractivity contribution is 0.212. The number of amides is 2. The van der Waals surface area contributed by atoms with E-state index in [1.807, 2.05) is 6.92 Å². The number of ether oxygens (including phenoxy) is 1. The Hall–Kier alpha value is -2.49. The van der Waals surface area contributed by atoms with Gasteiger partial charge in [-0.05, 0) is 6.92 Å². The van der Waals surface area contributed by atoms with Gasteiger partial charge in [0.1, 0.15) is 11.9 Å². The zero-order valence-corrected chi connectivity index (χ0v) is 11.0. The van der Waals surface area contributed by atoms with Gasteiger partial charge < -0.3 is 10.5 Å². The largest absolute Gasteiger partial charge is 0.481 e. The predicted molar refractivity (Wildman–Crippen MR) is 69.8 cm³/mol. The number of hydrogen-bond acceptors (Lipinski definition) is 4. The summed E-state index contributed by atoms with van der Waals surface area (Å²) in [5.74, 6) is 3.17. The zero-order valence-electron chi connectivity index (χ0n) is 11.0. The van der Waals surface area contributed by atoms with Gasteiger partial charge in [0.05, 0.1) is 24.9 Å². The molecule has 0 bridgehead atoms. The van der Waals surface area contributed by atoms with Crippen molar-refractivity contribution in [2.45, 2.75) is 13.0 Å². The van der Waals surface area contributed by atoms with Crippen molar-refractivity contribution in [2.75, 3.05) is 13.7 Å². The molecule has 1 aliphatic rings. The summed E-state index contributed by atoms with van der Waals surface area (Å²) in [7, 11) is 3.29. The average molecular weight is 261 g/mol. The Morgan fingerprint density at radius 2 is 2.26 bits per heavy atom. The van der Waals surface area contributed by atoms with Crippen molar-refractivity contribution >= 4 is 11.9 Å². The molecule has 7 nitrogen and oxygen atoms in total. The predicted octanol–water partition coefficient (Wildman–Crippen LogP) is 0.204. The summed E-state index contributed by atoms with van der Waals surface area (Å²) >= 11 is 0. The van der Waals surface area contributed by atoms with E-state index in [-0.39, 0.29) is 12.4 Å². The third-order valence-electron chi connectivity index (χ3n) is 3.00. The number of hydrogen-bond donors (Lipinski definition) is 1. The van der Waals surface area contributed by atoms with E-state index in [4.69, 9.17) is 16.9 Å². The van der Waals surface area contributed by atoms with Crippen LogP contribution in [-0.2, 0) is 7.05 Å². The standard InChI is InChI=1S/C12H15N5O2/c1-5-6-17-9(10(13)14-12(17)18)8-7(2)15-16(3)11(8)19-4/h1,9H,6H2,2-4H3,(H2,13,14,18). The van der Waals surface area contributed by atoms with Crippen LogP contribution in [0.3, 0.4) is 0 Å². The van der Waals surface area contributed by atoms with Crippen LogP contribution >= 0.6 is 0 Å². The minimum absolute atomic E-state index is 0.130. The van der Waals surface area contributed by atoms with Gasteiger partial charge in [-0.15, -0.1) is 6.42 Å². The minimum atomic E-state index is -0.521. The van der Waals surface area contributed by atoms with Crippen LogP contribution in [0.4, 0.5) is 4.79 Å². The number of aromatic nitrogens is 2. The number of terminal acetylenes is 1. The highest BCUT2D eigenvalue weighted by molar-refractivity contribution is 6.03. The lowest BCUT2D eigenvalue weighted by atomic mass is 10.1. The molecule has 2 heterocycles. The SMILES string of the molecule is C#CCN1C(=O)N=C(N)C1c1c(C)nn(C)c1OC. The van der Waals surface area contributed by atoms with Crippen LogP contribution in [0.1, 0.15) is 17.3 Å². The molecule has 0 saturated heterocycles. The van der Waals surface area contributed by atoms with E-state index < -0.39 is 12.1 Å². The minimum Gasteiger partial charge on any atom is -0.481 e. The second-order valence-electron chi connectivity index (χ2n) is 4.19. The molecular weight excluding hydrogens is 246 g/mol. The fraction of sp³-hybridized carbons (Fsp3) is 0.417. The Labute approximate surface area is 111 Å². The number of aliphatic imine (C=N–C) groups is 1. The molecule has 2 N–H and O–H groups in total. The molecule has 7 heteroatoms. The molecule has 0 aromatic carbocycles. The first-order valence-electron chi connectivity index (χ1n) is 5.66. The molecule has 19 heavy (non-hydrogen) atoms. The maximum Gasteiger partial charge on any atom is 0.346 e. The summed E-state index contributed by atoms with van der Waals surface area (Å²) < 4.78 is 6.91. The van der Waals surface area contributed by atoms with Crippen LogP contribution in [0, 0.1) is 19.3 Å². The van der Waals surface area contributed by atoms with Crippen molar-refractivity contribution in [2.24, 2.45) is 17.8 Å². The maximum absolute atomic E-state index is 11.8. The normalized spacial score (nSPS) is 18.4. The molecule has 1 unspecified atom stereocenters. The van der Waals surface area contributed by atoms with Gasteiger partial charge in [-0.25, -0.2) is 9.48 Å². The van der Waals surface area contributed by atoms with E-state index in [0.717, 1.165) is 5.69 Å². The second-order valence-corrected chi connectivity index (χ2v) is 4.19. The third kappa shape index (κ3) is 1.91. The topological polar surface area (TPSA) is 85.7 Å². The summed E-state index contributed by atoms with van der Waals surface area (Å²) in [5, 5.41) is 4.27. The van der Waals surface area contributed by atoms with E-state index in [9.17, 15) is 4.79 Å². The Kier molecular flexibility index (Phi) is 3.17. The monoisotopic (exact) mass is 261 g/mol. The smallest absolute Gasteiger partial charge is 0.346 e. The number of methoxy groups -OCH3 is 1. The van der Waals surface area contributed by atoms with Crippen LogP contribution in [0.5, 0.6) is 5.88 Å². The molecular formula is C12H15N5O2. The van der Waals surface area contributed by atoms with E-state index in [1.54, 1.807) is 11.7 Å². The number of carbonyl (C=O) groups is 1. The van der Waals surface area contributed by atoms with Gasteiger partial charge in [-0.1, -0.05) is 5.92 Å². The van der Waals surface area contributed by atoms with Crippen molar-refractivity contribution in [3.05, 3.63) is 11.3 Å². The van der Waals surface area contributed by atoms with Crippen molar-refractivity contribution in [3.8, 4) is 18.2 Å². The van der Waals surface area contributed by atoms with Crippen LogP contribution in [0.15, 0.2) is 4.99 Å². The van der Waals surface area contributed by atoms with E-state index >= 15 is 0 Å². The first-order chi connectivity index (χ1) is 9.01. The second kappa shape index (κ2) is 4.65. The molecule has 100 valence electrons. The number of carbonyl (C=O) groups excluding carboxylic acids is 1. The number of nitrogens with zero attached hydrogens (tertiary/aromatic N) is 4. The van der Waals surface area contributed by atoms with Crippen LogP contribution < -0.4 is 10.5 Å². The van der Waals surface area contributed by atoms with Crippen molar-refractivity contribution in [1.82, 2.24) is 14.7 Å². The van der Waals surface area contributed by atoms with Crippen LogP contribution in [0.25, 0.3) is 0 Å². The number of aryl methyl sites for hydroxylation is 2. The summed E-state index contributed by atoms with van der Waals surface area (Å²) in [4.78, 5) is 17.0. The molecule has 1 aromatic rings. The first kappa shape index (κ1) is 13.0. The Balaban J connectivity index is 2.54. The van der Waals surface area contributed by atoms with E-state index in [1.165, 1.54) is 12.0 Å². The quantitative estimate of drug-likeness (QED) is 0.788. The van der Waals surface area contributed by atoms with E-state index in [2.05, 4.69) is 16.0 Å². The summed E-state index contributed by atoms with van der Waals surface area (Å²) in [6.45, 7) is 1.95. The maximum atomic E-state index is 11.8. The molecule has 1 aromatic heterocycles. The fourth-order valence-electron chi connectivity index (χ4n) is 2.28. The van der Waals surface area contributed by atoms with Crippen molar-refractivity contribution in [1.29, 1.82) is 0 Å². The fourth-order valence-corrected chi connectivity index (χ4v) is 2.28. The van der Waals surface area contributed by atoms with Crippen LogP contribution in [0.2, 0.25) is 0 Å². The molecule has 2 amide bonds. The highest BCUT2D eigenvalue weighted by atomic mass is 16.5. The van der Waals surface area contributed by atoms with Gasteiger partial charge in [0.25, 0.3) is 0 Å². The third-order valence-corrected chi connectivity index (χ3v) is 3.00. The molecule has 0 aliphatic carbocycles.